The maximum atomic E-state index is 13.1. The largest absolute Gasteiger partial charge is 0.497 e. The first-order valence-corrected chi connectivity index (χ1v) is 8.52. The molecule has 0 radical (unpaired) electrons. The fourth-order valence-electron chi connectivity index (χ4n) is 2.20. The van der Waals surface area contributed by atoms with Crippen LogP contribution >= 0.6 is 0 Å². The van der Waals surface area contributed by atoms with Crippen molar-refractivity contribution < 1.29 is 28.2 Å². The van der Waals surface area contributed by atoms with Gasteiger partial charge in [0.15, 0.2) is 12.4 Å². The molecule has 0 aliphatic heterocycles. The predicted molar refractivity (Wildman–Crippen MR) is 101 cm³/mol. The molecule has 2 aromatic rings. The van der Waals surface area contributed by atoms with Crippen molar-refractivity contribution in [1.82, 2.24) is 5.32 Å². The van der Waals surface area contributed by atoms with Gasteiger partial charge in [0.05, 0.1) is 13.5 Å². The average molecular weight is 385 g/mol. The quantitative estimate of drug-likeness (QED) is 0.408. The van der Waals surface area contributed by atoms with E-state index in [4.69, 9.17) is 9.47 Å². The zero-order chi connectivity index (χ0) is 20.4. The lowest BCUT2D eigenvalue weighted by Crippen LogP contribution is -2.25. The fourth-order valence-corrected chi connectivity index (χ4v) is 2.20. The topological polar surface area (TPSA) is 81.7 Å². The van der Waals surface area contributed by atoms with Gasteiger partial charge in [0.2, 0.25) is 5.91 Å². The molecule has 0 aliphatic carbocycles. The summed E-state index contributed by atoms with van der Waals surface area (Å²) in [5, 5.41) is 2.55. The Labute approximate surface area is 162 Å². The molecule has 146 valence electrons. The molecule has 2 aromatic carbocycles. The summed E-state index contributed by atoms with van der Waals surface area (Å²) in [7, 11) is 1.57. The van der Waals surface area contributed by atoms with E-state index >= 15 is 0 Å². The third-order valence-corrected chi connectivity index (χ3v) is 3.68. The van der Waals surface area contributed by atoms with Crippen molar-refractivity contribution in [3.63, 3.8) is 0 Å². The highest BCUT2D eigenvalue weighted by Crippen LogP contribution is 2.12. The number of rotatable bonds is 9. The van der Waals surface area contributed by atoms with Crippen LogP contribution in [0.5, 0.6) is 5.75 Å². The van der Waals surface area contributed by atoms with Crippen LogP contribution in [0.25, 0.3) is 6.08 Å². The minimum absolute atomic E-state index is 0.0682. The number of ketones is 1. The van der Waals surface area contributed by atoms with Crippen LogP contribution in [0.15, 0.2) is 54.6 Å². The minimum atomic E-state index is -0.635. The lowest BCUT2D eigenvalue weighted by molar-refractivity contribution is -0.142. The van der Waals surface area contributed by atoms with Crippen LogP contribution in [0.2, 0.25) is 0 Å². The van der Waals surface area contributed by atoms with Gasteiger partial charge >= 0.3 is 5.97 Å². The first-order chi connectivity index (χ1) is 13.5. The Bertz CT molecular complexity index is 861. The number of carbonyl (C=O) groups is 3. The van der Waals surface area contributed by atoms with E-state index in [9.17, 15) is 18.8 Å². The Morgan fingerprint density at radius 3 is 2.54 bits per heavy atom. The van der Waals surface area contributed by atoms with Gasteiger partial charge in [-0.15, -0.1) is 0 Å². The normalized spacial score (nSPS) is 10.5. The number of carbonyl (C=O) groups excluding carboxylic acids is 3. The summed E-state index contributed by atoms with van der Waals surface area (Å²) >= 11 is 0. The Morgan fingerprint density at radius 1 is 1.11 bits per heavy atom. The lowest BCUT2D eigenvalue weighted by atomic mass is 10.1. The molecule has 0 fully saturated rings. The zero-order valence-corrected chi connectivity index (χ0v) is 15.3. The minimum Gasteiger partial charge on any atom is -0.497 e. The summed E-state index contributed by atoms with van der Waals surface area (Å²) in [6, 6.07) is 12.3. The fraction of sp³-hybridized carbons (Fsp3) is 0.190. The van der Waals surface area contributed by atoms with E-state index in [0.29, 0.717) is 0 Å². The third kappa shape index (κ3) is 7.03. The van der Waals surface area contributed by atoms with Gasteiger partial charge in [0, 0.05) is 18.2 Å². The van der Waals surface area contributed by atoms with E-state index in [-0.39, 0.29) is 24.4 Å². The Kier molecular flexibility index (Phi) is 7.90. The van der Waals surface area contributed by atoms with E-state index in [1.165, 1.54) is 24.3 Å². The standard InChI is InChI=1S/C21H20FNO5/c1-27-18-8-5-15(6-9-18)7-10-20(25)23-12-11-21(26)28-14-19(24)16-3-2-4-17(22)13-16/h2-10,13H,11-12,14H2,1H3,(H,23,25)/b10-7+. The molecule has 6 nitrogen and oxygen atoms in total. The molecular formula is C21H20FNO5. The molecule has 0 saturated heterocycles. The third-order valence-electron chi connectivity index (χ3n) is 3.68. The first-order valence-electron chi connectivity index (χ1n) is 8.52. The Morgan fingerprint density at radius 2 is 1.86 bits per heavy atom. The van der Waals surface area contributed by atoms with Crippen LogP contribution in [0, 0.1) is 5.82 Å². The summed E-state index contributed by atoms with van der Waals surface area (Å²) in [6.07, 6.45) is 2.89. The molecule has 0 aromatic heterocycles. The molecule has 1 amide bonds. The number of amides is 1. The predicted octanol–water partition coefficient (Wildman–Crippen LogP) is 2.78. The highest BCUT2D eigenvalue weighted by atomic mass is 19.1. The molecule has 0 aliphatic rings. The molecule has 1 N–H and O–H groups in total. The number of hydrogen-bond donors (Lipinski definition) is 1. The summed E-state index contributed by atoms with van der Waals surface area (Å²) in [5.74, 6) is -1.32. The van der Waals surface area contributed by atoms with Crippen LogP contribution in [-0.2, 0) is 14.3 Å². The summed E-state index contributed by atoms with van der Waals surface area (Å²) in [4.78, 5) is 35.2. The smallest absolute Gasteiger partial charge is 0.308 e. The van der Waals surface area contributed by atoms with Crippen LogP contribution in [0.3, 0.4) is 0 Å². The second-order valence-electron chi connectivity index (χ2n) is 5.74. The first kappa shape index (κ1) is 20.8. The van der Waals surface area contributed by atoms with Crippen molar-refractivity contribution in [2.75, 3.05) is 20.3 Å². The van der Waals surface area contributed by atoms with Crippen molar-refractivity contribution in [1.29, 1.82) is 0 Å². The molecule has 0 bridgehead atoms. The van der Waals surface area contributed by atoms with Crippen molar-refractivity contribution in [3.05, 3.63) is 71.6 Å². The van der Waals surface area contributed by atoms with E-state index in [0.717, 1.165) is 17.4 Å². The van der Waals surface area contributed by atoms with E-state index in [1.54, 1.807) is 37.5 Å². The highest BCUT2D eigenvalue weighted by molar-refractivity contribution is 5.98. The molecule has 0 saturated carbocycles. The summed E-state index contributed by atoms with van der Waals surface area (Å²) < 4.78 is 23.0. The van der Waals surface area contributed by atoms with Crippen molar-refractivity contribution in [2.45, 2.75) is 6.42 Å². The van der Waals surface area contributed by atoms with Gasteiger partial charge in [-0.05, 0) is 35.9 Å². The number of methoxy groups -OCH3 is 1. The molecule has 2 rings (SSSR count). The molecular weight excluding hydrogens is 365 g/mol. The van der Waals surface area contributed by atoms with E-state index < -0.39 is 24.2 Å². The number of Topliss-reactive ketones (excluding diaryl/α,β-unsaturated/α-hetero) is 1. The van der Waals surface area contributed by atoms with Gasteiger partial charge in [0.1, 0.15) is 11.6 Å². The highest BCUT2D eigenvalue weighted by Gasteiger charge is 2.10. The van der Waals surface area contributed by atoms with Gasteiger partial charge < -0.3 is 14.8 Å². The molecule has 0 atom stereocenters. The van der Waals surface area contributed by atoms with Crippen LogP contribution in [0.1, 0.15) is 22.3 Å². The SMILES string of the molecule is COc1ccc(/C=C/C(=O)NCCC(=O)OCC(=O)c2cccc(F)c2)cc1. The molecule has 0 heterocycles. The average Bonchev–Trinajstić information content (AvgIpc) is 2.70. The number of nitrogens with one attached hydrogen (secondary N) is 1. The van der Waals surface area contributed by atoms with Gasteiger partial charge in [-0.3, -0.25) is 14.4 Å². The number of benzene rings is 2. The van der Waals surface area contributed by atoms with Crippen molar-refractivity contribution in [2.24, 2.45) is 0 Å². The van der Waals surface area contributed by atoms with Crippen molar-refractivity contribution >= 4 is 23.7 Å². The molecule has 0 unspecified atom stereocenters. The lowest BCUT2D eigenvalue weighted by Gasteiger charge is -2.05. The van der Waals surface area contributed by atoms with Crippen LogP contribution in [-0.4, -0.2) is 37.9 Å². The summed E-state index contributed by atoms with van der Waals surface area (Å²) in [5.41, 5.74) is 0.955. The second kappa shape index (κ2) is 10.6. The van der Waals surface area contributed by atoms with E-state index in [1.807, 2.05) is 0 Å². The van der Waals surface area contributed by atoms with Crippen molar-refractivity contribution in [3.8, 4) is 5.75 Å². The monoisotopic (exact) mass is 385 g/mol. The van der Waals surface area contributed by atoms with Gasteiger partial charge in [-0.25, -0.2) is 4.39 Å². The van der Waals surface area contributed by atoms with Gasteiger partial charge in [0.25, 0.3) is 0 Å². The van der Waals surface area contributed by atoms with Gasteiger partial charge in [-0.2, -0.15) is 0 Å². The number of hydrogen-bond acceptors (Lipinski definition) is 5. The second-order valence-corrected chi connectivity index (χ2v) is 5.74. The Balaban J connectivity index is 1.67. The number of halogens is 1. The molecule has 0 spiro atoms. The number of esters is 1. The van der Waals surface area contributed by atoms with E-state index in [2.05, 4.69) is 5.32 Å². The number of ether oxygens (including phenoxy) is 2. The maximum absolute atomic E-state index is 13.1. The zero-order valence-electron chi connectivity index (χ0n) is 15.3. The molecule has 7 heteroatoms. The van der Waals surface area contributed by atoms with Crippen LogP contribution in [0.4, 0.5) is 4.39 Å². The summed E-state index contributed by atoms with van der Waals surface area (Å²) in [6.45, 7) is -0.410. The maximum Gasteiger partial charge on any atom is 0.308 e. The Hall–Kier alpha value is -3.48. The molecule has 28 heavy (non-hydrogen) atoms. The van der Waals surface area contributed by atoms with Crippen LogP contribution < -0.4 is 10.1 Å². The van der Waals surface area contributed by atoms with Gasteiger partial charge in [-0.1, -0.05) is 24.3 Å².